The second-order valence-corrected chi connectivity index (χ2v) is 5.82. The Morgan fingerprint density at radius 3 is 2.36 bits per heavy atom. The first kappa shape index (κ1) is 20.5. The number of hydrogen-bond acceptors (Lipinski definition) is 3. The standard InChI is InChI=1S/C18H28N4O3/c1-3-14(2)22-16(23)10-12-20-18(25)21-13-17(24)19-11-9-15-7-5-4-6-8-15/h4-8,14H,3,9-13H2,1-2H3,(H,19,24)(H,22,23)(H2,20,21,25)/t14-/m0/s1. The average molecular weight is 348 g/mol. The first-order valence-electron chi connectivity index (χ1n) is 8.63. The van der Waals surface area contributed by atoms with Gasteiger partial charge in [-0.25, -0.2) is 4.79 Å². The topological polar surface area (TPSA) is 99.3 Å². The number of hydrogen-bond donors (Lipinski definition) is 4. The van der Waals surface area contributed by atoms with Crippen LogP contribution in [-0.2, 0) is 16.0 Å². The Morgan fingerprint density at radius 2 is 1.68 bits per heavy atom. The minimum atomic E-state index is -0.463. The van der Waals surface area contributed by atoms with Gasteiger partial charge in [0.1, 0.15) is 0 Å². The number of urea groups is 1. The van der Waals surface area contributed by atoms with Gasteiger partial charge in [0.25, 0.3) is 0 Å². The Balaban J connectivity index is 2.07. The normalized spacial score (nSPS) is 11.3. The summed E-state index contributed by atoms with van der Waals surface area (Å²) < 4.78 is 0. The van der Waals surface area contributed by atoms with Gasteiger partial charge in [-0.2, -0.15) is 0 Å². The lowest BCUT2D eigenvalue weighted by Gasteiger charge is -2.12. The van der Waals surface area contributed by atoms with E-state index in [1.165, 1.54) is 0 Å². The van der Waals surface area contributed by atoms with Crippen LogP contribution in [0.2, 0.25) is 0 Å². The lowest BCUT2D eigenvalue weighted by Crippen LogP contribution is -2.43. The van der Waals surface area contributed by atoms with Crippen LogP contribution in [0.15, 0.2) is 30.3 Å². The molecule has 1 atom stereocenters. The number of amides is 4. The van der Waals surface area contributed by atoms with E-state index in [0.29, 0.717) is 6.54 Å². The summed E-state index contributed by atoms with van der Waals surface area (Å²) in [7, 11) is 0. The fraction of sp³-hybridized carbons (Fsp3) is 0.500. The third-order valence-corrected chi connectivity index (χ3v) is 3.65. The first-order valence-corrected chi connectivity index (χ1v) is 8.63. The number of benzene rings is 1. The minimum absolute atomic E-state index is 0.0975. The van der Waals surface area contributed by atoms with Crippen molar-refractivity contribution in [1.29, 1.82) is 0 Å². The Morgan fingerprint density at radius 1 is 0.960 bits per heavy atom. The van der Waals surface area contributed by atoms with Crippen LogP contribution in [0, 0.1) is 0 Å². The minimum Gasteiger partial charge on any atom is -0.354 e. The molecule has 0 aliphatic heterocycles. The van der Waals surface area contributed by atoms with Crippen LogP contribution < -0.4 is 21.3 Å². The highest BCUT2D eigenvalue weighted by molar-refractivity contribution is 5.84. The van der Waals surface area contributed by atoms with Crippen LogP contribution in [0.1, 0.15) is 32.3 Å². The summed E-state index contributed by atoms with van der Waals surface area (Å²) in [5.41, 5.74) is 1.14. The Bertz CT molecular complexity index is 549. The van der Waals surface area contributed by atoms with Crippen molar-refractivity contribution < 1.29 is 14.4 Å². The van der Waals surface area contributed by atoms with E-state index in [1.54, 1.807) is 0 Å². The van der Waals surface area contributed by atoms with Gasteiger partial charge in [-0.3, -0.25) is 9.59 Å². The van der Waals surface area contributed by atoms with E-state index in [4.69, 9.17) is 0 Å². The lowest BCUT2D eigenvalue weighted by atomic mass is 10.1. The zero-order valence-electron chi connectivity index (χ0n) is 14.9. The van der Waals surface area contributed by atoms with Crippen LogP contribution in [0.4, 0.5) is 4.79 Å². The molecule has 1 rings (SSSR count). The van der Waals surface area contributed by atoms with E-state index in [0.717, 1.165) is 18.4 Å². The van der Waals surface area contributed by atoms with Gasteiger partial charge < -0.3 is 21.3 Å². The first-order chi connectivity index (χ1) is 12.0. The number of rotatable bonds is 10. The molecule has 0 aliphatic rings. The summed E-state index contributed by atoms with van der Waals surface area (Å²) >= 11 is 0. The van der Waals surface area contributed by atoms with Crippen molar-refractivity contribution in [2.45, 2.75) is 39.2 Å². The highest BCUT2D eigenvalue weighted by Gasteiger charge is 2.07. The zero-order valence-corrected chi connectivity index (χ0v) is 14.9. The van der Waals surface area contributed by atoms with Gasteiger partial charge >= 0.3 is 6.03 Å². The quantitative estimate of drug-likeness (QED) is 0.506. The summed E-state index contributed by atoms with van der Waals surface area (Å²) in [5, 5.41) is 10.6. The van der Waals surface area contributed by atoms with Crippen molar-refractivity contribution in [2.24, 2.45) is 0 Å². The molecule has 138 valence electrons. The monoisotopic (exact) mass is 348 g/mol. The predicted octanol–water partition coefficient (Wildman–Crippen LogP) is 0.949. The summed E-state index contributed by atoms with van der Waals surface area (Å²) in [6, 6.07) is 9.50. The molecule has 0 heterocycles. The van der Waals surface area contributed by atoms with Crippen LogP contribution in [-0.4, -0.2) is 43.5 Å². The maximum Gasteiger partial charge on any atom is 0.315 e. The van der Waals surface area contributed by atoms with Crippen molar-refractivity contribution in [3.8, 4) is 0 Å². The smallest absolute Gasteiger partial charge is 0.315 e. The molecule has 0 radical (unpaired) electrons. The van der Waals surface area contributed by atoms with Crippen LogP contribution in [0.5, 0.6) is 0 Å². The Kier molecular flexibility index (Phi) is 9.74. The van der Waals surface area contributed by atoms with Crippen molar-refractivity contribution in [3.05, 3.63) is 35.9 Å². The van der Waals surface area contributed by atoms with Crippen LogP contribution in [0.3, 0.4) is 0 Å². The predicted molar refractivity (Wildman–Crippen MR) is 97.1 cm³/mol. The van der Waals surface area contributed by atoms with E-state index in [-0.39, 0.29) is 37.4 Å². The number of carbonyl (C=O) groups is 3. The molecule has 4 amide bonds. The van der Waals surface area contributed by atoms with Gasteiger partial charge in [0.2, 0.25) is 11.8 Å². The summed E-state index contributed by atoms with van der Waals surface area (Å²) in [5.74, 6) is -0.353. The van der Waals surface area contributed by atoms with Gasteiger partial charge in [-0.1, -0.05) is 37.3 Å². The van der Waals surface area contributed by atoms with Crippen molar-refractivity contribution >= 4 is 17.8 Å². The van der Waals surface area contributed by atoms with E-state index >= 15 is 0 Å². The molecule has 0 spiro atoms. The molecule has 0 aromatic heterocycles. The van der Waals surface area contributed by atoms with Crippen molar-refractivity contribution in [2.75, 3.05) is 19.6 Å². The summed E-state index contributed by atoms with van der Waals surface area (Å²) in [4.78, 5) is 34.8. The second-order valence-electron chi connectivity index (χ2n) is 5.82. The molecule has 25 heavy (non-hydrogen) atoms. The maximum atomic E-state index is 11.7. The van der Waals surface area contributed by atoms with E-state index in [1.807, 2.05) is 44.2 Å². The SMILES string of the molecule is CC[C@H](C)NC(=O)CCNC(=O)NCC(=O)NCCc1ccccc1. The third-order valence-electron chi connectivity index (χ3n) is 3.65. The molecule has 0 unspecified atom stereocenters. The van der Waals surface area contributed by atoms with Crippen molar-refractivity contribution in [1.82, 2.24) is 21.3 Å². The highest BCUT2D eigenvalue weighted by Crippen LogP contribution is 1.97. The highest BCUT2D eigenvalue weighted by atomic mass is 16.2. The molecule has 4 N–H and O–H groups in total. The number of nitrogens with one attached hydrogen (secondary N) is 4. The van der Waals surface area contributed by atoms with Crippen LogP contribution in [0.25, 0.3) is 0 Å². The molecular weight excluding hydrogens is 320 g/mol. The summed E-state index contributed by atoms with van der Waals surface area (Å²) in [6.45, 7) is 4.56. The van der Waals surface area contributed by atoms with E-state index in [2.05, 4.69) is 21.3 Å². The van der Waals surface area contributed by atoms with Gasteiger partial charge in [0.15, 0.2) is 0 Å². The molecule has 0 aliphatic carbocycles. The Labute approximate surface area is 148 Å². The third kappa shape index (κ3) is 10.0. The average Bonchev–Trinajstić information content (AvgIpc) is 2.60. The van der Waals surface area contributed by atoms with Gasteiger partial charge in [0.05, 0.1) is 6.54 Å². The van der Waals surface area contributed by atoms with Crippen LogP contribution >= 0.6 is 0 Å². The lowest BCUT2D eigenvalue weighted by molar-refractivity contribution is -0.122. The Hall–Kier alpha value is -2.57. The molecule has 0 fully saturated rings. The van der Waals surface area contributed by atoms with Gasteiger partial charge in [-0.15, -0.1) is 0 Å². The summed E-state index contributed by atoms with van der Waals surface area (Å²) in [6.07, 6.45) is 1.81. The van der Waals surface area contributed by atoms with E-state index in [9.17, 15) is 14.4 Å². The van der Waals surface area contributed by atoms with Gasteiger partial charge in [0, 0.05) is 25.6 Å². The number of carbonyl (C=O) groups excluding carboxylic acids is 3. The molecule has 7 heteroatoms. The fourth-order valence-corrected chi connectivity index (χ4v) is 2.02. The molecule has 0 saturated heterocycles. The van der Waals surface area contributed by atoms with Crippen molar-refractivity contribution in [3.63, 3.8) is 0 Å². The molecule has 1 aromatic rings. The second kappa shape index (κ2) is 11.9. The zero-order chi connectivity index (χ0) is 18.5. The molecule has 7 nitrogen and oxygen atoms in total. The largest absolute Gasteiger partial charge is 0.354 e. The molecular formula is C18H28N4O3. The fourth-order valence-electron chi connectivity index (χ4n) is 2.02. The molecule has 0 bridgehead atoms. The van der Waals surface area contributed by atoms with Gasteiger partial charge in [-0.05, 0) is 25.3 Å². The molecule has 1 aromatic carbocycles. The molecule has 0 saturated carbocycles. The van der Waals surface area contributed by atoms with E-state index < -0.39 is 6.03 Å². The maximum absolute atomic E-state index is 11.7.